The fourth-order valence-electron chi connectivity index (χ4n) is 5.63. The average molecular weight is 587 g/mol. The van der Waals surface area contributed by atoms with Gasteiger partial charge in [-0.2, -0.15) is 28.6 Å². The predicted octanol–water partition coefficient (Wildman–Crippen LogP) is 4.79. The molecular formula is C28H46N2O7S2. The van der Waals surface area contributed by atoms with E-state index in [1.165, 1.54) is 23.6 Å². The molecule has 0 unspecified atom stereocenters. The minimum Gasteiger partial charge on any atom is -0.461 e. The fraction of sp³-hybridized carbons (Fsp3) is 0.750. The molecule has 3 saturated carbocycles. The number of hydrogen-bond donors (Lipinski definition) is 1. The number of ketones is 1. The van der Waals surface area contributed by atoms with Crippen LogP contribution in [-0.2, 0) is 35.0 Å². The fourth-order valence-corrected chi connectivity index (χ4v) is 7.31. The molecule has 1 aromatic heterocycles. The van der Waals surface area contributed by atoms with E-state index in [0.717, 1.165) is 42.1 Å². The minimum atomic E-state index is -0.927. The van der Waals surface area contributed by atoms with Crippen LogP contribution < -0.4 is 0 Å². The molecule has 9 nitrogen and oxygen atoms in total. The van der Waals surface area contributed by atoms with Crippen LogP contribution in [0.1, 0.15) is 76.1 Å². The highest BCUT2D eigenvalue weighted by Crippen LogP contribution is 2.62. The van der Waals surface area contributed by atoms with Crippen molar-refractivity contribution in [3.05, 3.63) is 17.0 Å². The van der Waals surface area contributed by atoms with Crippen molar-refractivity contribution in [3.63, 3.8) is 0 Å². The van der Waals surface area contributed by atoms with Crippen LogP contribution in [0, 0.1) is 29.6 Å². The van der Waals surface area contributed by atoms with Gasteiger partial charge >= 0.3 is 17.9 Å². The number of fused-ring (bicyclic) bond motifs is 4. The normalized spacial score (nSPS) is 25.9. The van der Waals surface area contributed by atoms with E-state index >= 15 is 0 Å². The number of aromatic amines is 1. The van der Waals surface area contributed by atoms with E-state index in [1.807, 2.05) is 30.4 Å². The van der Waals surface area contributed by atoms with E-state index in [-0.39, 0.29) is 34.0 Å². The topological polar surface area (TPSA) is 125 Å². The maximum atomic E-state index is 11.7. The Balaban J connectivity index is 0.000000303. The molecule has 6 atom stereocenters. The predicted molar refractivity (Wildman–Crippen MR) is 156 cm³/mol. The molecule has 5 rings (SSSR count). The van der Waals surface area contributed by atoms with Crippen LogP contribution in [0.3, 0.4) is 0 Å². The maximum Gasteiger partial charge on any atom is 0.417 e. The number of nitrogens with one attached hydrogen (secondary N) is 1. The molecule has 4 aliphatic rings. The van der Waals surface area contributed by atoms with Crippen molar-refractivity contribution in [2.24, 2.45) is 29.6 Å². The summed E-state index contributed by atoms with van der Waals surface area (Å²) < 4.78 is 13.7. The number of nitrogens with zero attached hydrogens (tertiary/aromatic N) is 1. The second-order valence-electron chi connectivity index (χ2n) is 9.45. The van der Waals surface area contributed by atoms with Gasteiger partial charge in [-0.05, 0) is 81.3 Å². The highest BCUT2D eigenvalue weighted by Gasteiger charge is 2.58. The first-order valence-corrected chi connectivity index (χ1v) is 15.7. The van der Waals surface area contributed by atoms with E-state index in [4.69, 9.17) is 4.74 Å². The van der Waals surface area contributed by atoms with Gasteiger partial charge in [0.2, 0.25) is 0 Å². The number of carbonyl (C=O) groups is 4. The molecule has 0 radical (unpaired) electrons. The average Bonchev–Trinajstić information content (AvgIpc) is 3.48. The van der Waals surface area contributed by atoms with Gasteiger partial charge in [0.05, 0.1) is 19.8 Å². The summed E-state index contributed by atoms with van der Waals surface area (Å²) in [5.41, 5.74) is 2.81. The Hall–Kier alpha value is -2.01. The smallest absolute Gasteiger partial charge is 0.417 e. The molecule has 0 amide bonds. The van der Waals surface area contributed by atoms with Crippen LogP contribution in [-0.4, -0.2) is 77.7 Å². The molecule has 0 aromatic carbocycles. The largest absolute Gasteiger partial charge is 0.461 e. The number of carbonyl (C=O) groups excluding carboxylic acids is 4. The van der Waals surface area contributed by atoms with Crippen LogP contribution in [0.25, 0.3) is 0 Å². The number of rotatable bonds is 8. The van der Waals surface area contributed by atoms with Crippen molar-refractivity contribution in [3.8, 4) is 0 Å². The van der Waals surface area contributed by atoms with E-state index in [9.17, 15) is 19.2 Å². The highest BCUT2D eigenvalue weighted by molar-refractivity contribution is 7.98. The van der Waals surface area contributed by atoms with E-state index in [0.29, 0.717) is 29.9 Å². The molecule has 3 fully saturated rings. The molecular weight excluding hydrogens is 540 g/mol. The van der Waals surface area contributed by atoms with Crippen LogP contribution in [0.15, 0.2) is 0 Å². The Morgan fingerprint density at radius 1 is 0.872 bits per heavy atom. The van der Waals surface area contributed by atoms with Gasteiger partial charge in [0, 0.05) is 29.5 Å². The molecule has 39 heavy (non-hydrogen) atoms. The second kappa shape index (κ2) is 16.3. The third-order valence-electron chi connectivity index (χ3n) is 7.34. The van der Waals surface area contributed by atoms with Gasteiger partial charge in [0.1, 0.15) is 5.78 Å². The lowest BCUT2D eigenvalue weighted by Gasteiger charge is -2.03. The van der Waals surface area contributed by atoms with Gasteiger partial charge in [-0.25, -0.2) is 14.4 Å². The summed E-state index contributed by atoms with van der Waals surface area (Å²) in [4.78, 5) is 43.6. The zero-order valence-electron chi connectivity index (χ0n) is 22.2. The highest BCUT2D eigenvalue weighted by atomic mass is 32.2. The van der Waals surface area contributed by atoms with E-state index in [1.54, 1.807) is 13.8 Å². The summed E-state index contributed by atoms with van der Waals surface area (Å²) in [7, 11) is 0. The van der Waals surface area contributed by atoms with Crippen LogP contribution >= 0.6 is 23.5 Å². The van der Waals surface area contributed by atoms with Gasteiger partial charge in [-0.15, -0.1) is 0 Å². The van der Waals surface area contributed by atoms with Crippen LogP contribution in [0.5, 0.6) is 0 Å². The minimum absolute atomic E-state index is 0. The van der Waals surface area contributed by atoms with Crippen LogP contribution in [0.2, 0.25) is 0 Å². The zero-order valence-corrected chi connectivity index (χ0v) is 23.9. The molecule has 4 aliphatic carbocycles. The van der Waals surface area contributed by atoms with Crippen molar-refractivity contribution in [1.82, 2.24) is 10.2 Å². The molecule has 11 heteroatoms. The third kappa shape index (κ3) is 8.25. The number of aromatic nitrogens is 2. The van der Waals surface area contributed by atoms with Crippen molar-refractivity contribution < 1.29 is 33.4 Å². The van der Waals surface area contributed by atoms with Crippen molar-refractivity contribution in [1.29, 1.82) is 0 Å². The maximum absolute atomic E-state index is 11.7. The number of H-pyrrole nitrogens is 1. The van der Waals surface area contributed by atoms with Gasteiger partial charge in [-0.3, -0.25) is 9.89 Å². The molecule has 0 aliphatic heterocycles. The third-order valence-corrected chi connectivity index (χ3v) is 8.77. The Morgan fingerprint density at radius 3 is 1.87 bits per heavy atom. The monoisotopic (exact) mass is 586 g/mol. The first-order chi connectivity index (χ1) is 17.8. The first kappa shape index (κ1) is 35.0. The Bertz CT molecular complexity index is 967. The molecule has 1 aromatic rings. The number of esters is 3. The lowest BCUT2D eigenvalue weighted by molar-refractivity contribution is -0.167. The summed E-state index contributed by atoms with van der Waals surface area (Å²) >= 11 is 3.78. The van der Waals surface area contributed by atoms with Gasteiger partial charge in [0.15, 0.2) is 5.69 Å². The van der Waals surface area contributed by atoms with E-state index in [2.05, 4.69) is 32.2 Å². The van der Waals surface area contributed by atoms with Crippen molar-refractivity contribution >= 4 is 47.2 Å². The Kier molecular flexibility index (Phi) is 14.6. The lowest BCUT2D eigenvalue weighted by atomic mass is 10.1. The quantitative estimate of drug-likeness (QED) is 0.258. The Labute approximate surface area is 241 Å². The SMILES string of the molecule is C.C.CCOC(=O)C(=O)OCC.CCOC(=O)c1n[nH]c2c1C[C@H]1[C@@H](CSC)[C@@H]21.CSC[C@@H]1[C@@H]2CCC(=O)[C@H]12. The lowest BCUT2D eigenvalue weighted by Crippen LogP contribution is -2.19. The molecule has 1 heterocycles. The Morgan fingerprint density at radius 2 is 1.41 bits per heavy atom. The van der Waals surface area contributed by atoms with Gasteiger partial charge < -0.3 is 14.2 Å². The van der Waals surface area contributed by atoms with Crippen LogP contribution in [0.4, 0.5) is 0 Å². The summed E-state index contributed by atoms with van der Waals surface area (Å²) in [5.74, 6) is 5.05. The number of Topliss-reactive ketones (excluding diaryl/α,β-unsaturated/α-hetero) is 1. The molecule has 0 saturated heterocycles. The molecule has 0 spiro atoms. The van der Waals surface area contributed by atoms with Crippen molar-refractivity contribution in [2.75, 3.05) is 43.8 Å². The second-order valence-corrected chi connectivity index (χ2v) is 11.3. The zero-order chi connectivity index (χ0) is 27.1. The van der Waals surface area contributed by atoms with Crippen molar-refractivity contribution in [2.45, 2.75) is 60.8 Å². The summed E-state index contributed by atoms with van der Waals surface area (Å²) in [6.45, 7) is 5.85. The number of hydrogen-bond acceptors (Lipinski definition) is 10. The van der Waals surface area contributed by atoms with Gasteiger partial charge in [-0.1, -0.05) is 14.9 Å². The molecule has 1 N–H and O–H groups in total. The number of ether oxygens (including phenoxy) is 3. The summed E-state index contributed by atoms with van der Waals surface area (Å²) in [5, 5.41) is 7.17. The van der Waals surface area contributed by atoms with E-state index < -0.39 is 11.9 Å². The number of thioether (sulfide) groups is 2. The first-order valence-electron chi connectivity index (χ1n) is 12.9. The summed E-state index contributed by atoms with van der Waals surface area (Å²) in [6.07, 6.45) is 7.33. The molecule has 222 valence electrons. The summed E-state index contributed by atoms with van der Waals surface area (Å²) in [6, 6.07) is 0. The van der Waals surface area contributed by atoms with Gasteiger partial charge in [0.25, 0.3) is 0 Å². The molecule has 0 bridgehead atoms. The standard InChI is InChI=1S/C12H16N2O2S.C8H12OS.C6H10O4.2CH4/c1-3-16-12(15)11-7-4-6-8(5-17-2)9(6)10(7)13-14-11;1-10-4-6-5-2-3-7(9)8(5)6;1-3-9-5(7)6(8)10-4-2;;/h6,8-9H,3-5H2,1-2H3,(H,13,14);5-6,8H,2-4H2,1H3;3-4H2,1-2H3;2*1H4/t6-,8+,9-;5-,6+,8-;;;/m00.../s1.